The third-order valence-corrected chi connectivity index (χ3v) is 4.47. The largest absolute Gasteiger partial charge is 0.479 e. The molecular formula is C11H9NO3S. The molecule has 1 atom stereocenters. The molecule has 2 aliphatic heterocycles. The molecule has 1 aromatic rings. The van der Waals surface area contributed by atoms with E-state index in [4.69, 9.17) is 0 Å². The monoisotopic (exact) mass is 235 g/mol. The van der Waals surface area contributed by atoms with Crippen LogP contribution in [0, 0.1) is 0 Å². The highest BCUT2D eigenvalue weighted by atomic mass is 32.2. The van der Waals surface area contributed by atoms with Gasteiger partial charge in [0.15, 0.2) is 4.87 Å². The molecule has 82 valence electrons. The Hall–Kier alpha value is -1.49. The molecule has 0 aromatic heterocycles. The average molecular weight is 235 g/mol. The standard InChI is InChI=1S/C11H9NO3S/c13-9-5-6-11(10(14)15)12(9)7-3-1-2-4-8(7)16-11/h1-4H,5-6H2,(H,14,15)/t11-/m0/s1. The van der Waals surface area contributed by atoms with Gasteiger partial charge in [0.05, 0.1) is 5.69 Å². The molecule has 0 spiro atoms. The van der Waals surface area contributed by atoms with E-state index in [1.54, 1.807) is 6.07 Å². The van der Waals surface area contributed by atoms with Crippen LogP contribution in [0.2, 0.25) is 0 Å². The number of anilines is 1. The molecule has 1 N–H and O–H groups in total. The zero-order valence-corrected chi connectivity index (χ0v) is 9.16. The van der Waals surface area contributed by atoms with Crippen molar-refractivity contribution in [1.29, 1.82) is 0 Å². The van der Waals surface area contributed by atoms with E-state index in [-0.39, 0.29) is 5.91 Å². The number of aliphatic carboxylic acids is 1. The topological polar surface area (TPSA) is 57.6 Å². The van der Waals surface area contributed by atoms with Gasteiger partial charge in [-0.25, -0.2) is 4.79 Å². The molecule has 3 rings (SSSR count). The number of carboxylic acids is 1. The summed E-state index contributed by atoms with van der Waals surface area (Å²) in [7, 11) is 0. The number of fused-ring (bicyclic) bond motifs is 3. The Morgan fingerprint density at radius 1 is 1.44 bits per heavy atom. The molecule has 2 aliphatic rings. The zero-order chi connectivity index (χ0) is 11.3. The Bertz CT molecular complexity index is 502. The Morgan fingerprint density at radius 2 is 2.19 bits per heavy atom. The lowest BCUT2D eigenvalue weighted by Gasteiger charge is -2.26. The third-order valence-electron chi connectivity index (χ3n) is 3.01. The quantitative estimate of drug-likeness (QED) is 0.805. The second kappa shape index (κ2) is 3.01. The molecule has 0 unspecified atom stereocenters. The molecule has 1 saturated heterocycles. The maximum atomic E-state index is 11.8. The molecule has 0 radical (unpaired) electrons. The highest BCUT2D eigenvalue weighted by Crippen LogP contribution is 2.55. The SMILES string of the molecule is O=C1CC[C@@]2(C(=O)O)Sc3ccccc3N12. The fourth-order valence-electron chi connectivity index (χ4n) is 2.28. The molecule has 4 nitrogen and oxygen atoms in total. The van der Waals surface area contributed by atoms with Gasteiger partial charge in [-0.3, -0.25) is 9.69 Å². The van der Waals surface area contributed by atoms with Crippen LogP contribution in [-0.2, 0) is 9.59 Å². The van der Waals surface area contributed by atoms with Crippen molar-refractivity contribution >= 4 is 29.3 Å². The van der Waals surface area contributed by atoms with Crippen LogP contribution in [0.4, 0.5) is 5.69 Å². The van der Waals surface area contributed by atoms with Gasteiger partial charge in [0.1, 0.15) is 0 Å². The Kier molecular flexibility index (Phi) is 1.83. The maximum absolute atomic E-state index is 11.8. The summed E-state index contributed by atoms with van der Waals surface area (Å²) in [6.07, 6.45) is 0.689. The first-order chi connectivity index (χ1) is 7.65. The van der Waals surface area contributed by atoms with Gasteiger partial charge in [0.25, 0.3) is 0 Å². The van der Waals surface area contributed by atoms with Gasteiger partial charge >= 0.3 is 5.97 Å². The zero-order valence-electron chi connectivity index (χ0n) is 8.34. The third kappa shape index (κ3) is 1.01. The number of thioether (sulfide) groups is 1. The molecule has 2 heterocycles. The van der Waals surface area contributed by atoms with Gasteiger partial charge in [-0.2, -0.15) is 0 Å². The summed E-state index contributed by atoms with van der Waals surface area (Å²) in [5.41, 5.74) is 0.734. The molecule has 1 aromatic carbocycles. The highest BCUT2D eigenvalue weighted by Gasteiger charge is 2.57. The fraction of sp³-hybridized carbons (Fsp3) is 0.273. The van der Waals surface area contributed by atoms with E-state index in [0.717, 1.165) is 10.6 Å². The van der Waals surface area contributed by atoms with Crippen LogP contribution in [0.25, 0.3) is 0 Å². The fourth-order valence-corrected chi connectivity index (χ4v) is 3.64. The van der Waals surface area contributed by atoms with E-state index >= 15 is 0 Å². The van der Waals surface area contributed by atoms with Crippen LogP contribution in [0.1, 0.15) is 12.8 Å². The number of amides is 1. The van der Waals surface area contributed by atoms with E-state index in [9.17, 15) is 14.7 Å². The van der Waals surface area contributed by atoms with Crippen LogP contribution in [0.5, 0.6) is 0 Å². The molecule has 5 heteroatoms. The normalized spacial score (nSPS) is 26.8. The molecular weight excluding hydrogens is 226 g/mol. The lowest BCUT2D eigenvalue weighted by Crippen LogP contribution is -2.46. The van der Waals surface area contributed by atoms with Crippen LogP contribution in [0.15, 0.2) is 29.2 Å². The molecule has 0 aliphatic carbocycles. The minimum absolute atomic E-state index is 0.0974. The average Bonchev–Trinajstić information content (AvgIpc) is 2.75. The minimum atomic E-state index is -1.10. The molecule has 16 heavy (non-hydrogen) atoms. The van der Waals surface area contributed by atoms with Crippen molar-refractivity contribution < 1.29 is 14.7 Å². The highest BCUT2D eigenvalue weighted by molar-refractivity contribution is 8.02. The van der Waals surface area contributed by atoms with E-state index in [1.807, 2.05) is 18.2 Å². The second-order valence-corrected chi connectivity index (χ2v) is 5.21. The summed E-state index contributed by atoms with van der Waals surface area (Å²) in [6, 6.07) is 7.34. The number of rotatable bonds is 1. The van der Waals surface area contributed by atoms with Gasteiger partial charge < -0.3 is 5.11 Å². The van der Waals surface area contributed by atoms with E-state index < -0.39 is 10.8 Å². The van der Waals surface area contributed by atoms with Crippen LogP contribution < -0.4 is 4.90 Å². The molecule has 1 amide bonds. The van der Waals surface area contributed by atoms with Crippen molar-refractivity contribution in [2.75, 3.05) is 4.90 Å². The van der Waals surface area contributed by atoms with Crippen LogP contribution in [0.3, 0.4) is 0 Å². The van der Waals surface area contributed by atoms with Crippen LogP contribution >= 0.6 is 11.8 Å². The Morgan fingerprint density at radius 3 is 2.94 bits per heavy atom. The smallest absolute Gasteiger partial charge is 0.341 e. The summed E-state index contributed by atoms with van der Waals surface area (Å²) < 4.78 is 0. The summed E-state index contributed by atoms with van der Waals surface area (Å²) >= 11 is 1.27. The summed E-state index contributed by atoms with van der Waals surface area (Å²) in [6.45, 7) is 0. The Labute approximate surface area is 96.2 Å². The number of hydrogen-bond donors (Lipinski definition) is 1. The molecule has 0 bridgehead atoms. The lowest BCUT2D eigenvalue weighted by atomic mass is 10.2. The van der Waals surface area contributed by atoms with Gasteiger partial charge in [0, 0.05) is 17.7 Å². The van der Waals surface area contributed by atoms with Gasteiger partial charge in [-0.15, -0.1) is 0 Å². The van der Waals surface area contributed by atoms with Crippen molar-refractivity contribution in [2.45, 2.75) is 22.6 Å². The number of carboxylic acid groups (broad SMARTS) is 1. The molecule has 1 fully saturated rings. The van der Waals surface area contributed by atoms with Crippen LogP contribution in [-0.4, -0.2) is 21.9 Å². The second-order valence-electron chi connectivity index (χ2n) is 3.89. The van der Waals surface area contributed by atoms with Crippen molar-refractivity contribution in [3.63, 3.8) is 0 Å². The summed E-state index contributed by atoms with van der Waals surface area (Å²) in [5.74, 6) is -1.03. The number of benzene rings is 1. The van der Waals surface area contributed by atoms with Gasteiger partial charge in [0.2, 0.25) is 5.91 Å². The van der Waals surface area contributed by atoms with Crippen molar-refractivity contribution in [3.05, 3.63) is 24.3 Å². The molecule has 0 saturated carbocycles. The number of nitrogens with zero attached hydrogens (tertiary/aromatic N) is 1. The van der Waals surface area contributed by atoms with Crippen molar-refractivity contribution in [3.8, 4) is 0 Å². The van der Waals surface area contributed by atoms with Crippen molar-refractivity contribution in [2.24, 2.45) is 0 Å². The minimum Gasteiger partial charge on any atom is -0.479 e. The van der Waals surface area contributed by atoms with Gasteiger partial charge in [-0.1, -0.05) is 23.9 Å². The summed E-state index contributed by atoms with van der Waals surface area (Å²) in [4.78, 5) is 24.4. The predicted molar refractivity (Wildman–Crippen MR) is 59.4 cm³/mol. The summed E-state index contributed by atoms with van der Waals surface area (Å²) in [5, 5.41) is 9.35. The number of carbonyl (C=O) groups excluding carboxylic acids is 1. The number of para-hydroxylation sites is 1. The first-order valence-electron chi connectivity index (χ1n) is 5.00. The number of hydrogen-bond acceptors (Lipinski definition) is 3. The van der Waals surface area contributed by atoms with E-state index in [2.05, 4.69) is 0 Å². The Balaban J connectivity index is 2.19. The first kappa shape index (κ1) is 9.72. The predicted octanol–water partition coefficient (Wildman–Crippen LogP) is 1.70. The van der Waals surface area contributed by atoms with E-state index in [0.29, 0.717) is 12.8 Å². The van der Waals surface area contributed by atoms with Gasteiger partial charge in [-0.05, 0) is 12.1 Å². The van der Waals surface area contributed by atoms with Crippen molar-refractivity contribution in [1.82, 2.24) is 0 Å². The lowest BCUT2D eigenvalue weighted by molar-refractivity contribution is -0.140. The maximum Gasteiger partial charge on any atom is 0.341 e. The van der Waals surface area contributed by atoms with E-state index in [1.165, 1.54) is 16.7 Å². The number of carbonyl (C=O) groups is 2. The first-order valence-corrected chi connectivity index (χ1v) is 5.81.